The van der Waals surface area contributed by atoms with E-state index in [1.54, 1.807) is 9.24 Å². The lowest BCUT2D eigenvalue weighted by molar-refractivity contribution is 0.0590. The van der Waals surface area contributed by atoms with Gasteiger partial charge in [0.1, 0.15) is 5.75 Å². The maximum atomic E-state index is 13.4. The van der Waals surface area contributed by atoms with Gasteiger partial charge in [-0.05, 0) is 36.4 Å². The number of sulfone groups is 1. The first-order valence-corrected chi connectivity index (χ1v) is 10.8. The first-order valence-electron chi connectivity index (χ1n) is 8.33. The number of nitrogens with zero attached hydrogens (tertiary/aromatic N) is 2. The molecular weight excluding hydrogens is 433 g/mol. The highest BCUT2D eigenvalue weighted by Gasteiger charge is 2.24. The molecule has 2 aromatic carbocycles. The number of carbonyl (C=O) groups excluding carboxylic acids is 1. The maximum Gasteiger partial charge on any atom is 0.362 e. The van der Waals surface area contributed by atoms with E-state index in [0.717, 1.165) is 13.4 Å². The molecule has 3 rings (SSSR count). The van der Waals surface area contributed by atoms with Crippen molar-refractivity contribution in [3.05, 3.63) is 58.4 Å². The number of fused-ring (bicyclic) bond motifs is 1. The number of methoxy groups -OCH3 is 1. The van der Waals surface area contributed by atoms with E-state index in [9.17, 15) is 22.4 Å². The van der Waals surface area contributed by atoms with E-state index in [-0.39, 0.29) is 21.5 Å². The molecule has 0 saturated heterocycles. The Balaban J connectivity index is 2.33. The van der Waals surface area contributed by atoms with Crippen molar-refractivity contribution in [2.45, 2.75) is 10.4 Å². The monoisotopic (exact) mass is 448 g/mol. The molecule has 0 fully saturated rings. The summed E-state index contributed by atoms with van der Waals surface area (Å²) in [5.74, 6) is -0.915. The lowest BCUT2D eigenvalue weighted by Gasteiger charge is -2.18. The van der Waals surface area contributed by atoms with Crippen LogP contribution in [0.25, 0.3) is 16.6 Å². The first-order chi connectivity index (χ1) is 13.9. The lowest BCUT2D eigenvalue weighted by atomic mass is 10.1. The molecule has 0 aliphatic carbocycles. The predicted molar refractivity (Wildman–Crippen MR) is 112 cm³/mol. The Morgan fingerprint density at radius 3 is 2.40 bits per heavy atom. The Labute approximate surface area is 174 Å². The number of esters is 1. The molecule has 8 nitrogen and oxygen atoms in total. The number of rotatable bonds is 5. The van der Waals surface area contributed by atoms with E-state index >= 15 is 0 Å². The Bertz CT molecular complexity index is 1300. The standard InChI is InChI=1S/C18H15BFN2O6PS/c1-27-17(24)15-16(23)14-12(4-3-5-13(14)30(2,25)26)22(21-15)10-6-8-11(9-7-10)28-18(19,20)29/h3-9H,29H2,1-2H3. The highest BCUT2D eigenvalue weighted by molar-refractivity contribution is 7.91. The first kappa shape index (κ1) is 21.9. The van der Waals surface area contributed by atoms with Crippen LogP contribution in [0.4, 0.5) is 4.39 Å². The summed E-state index contributed by atoms with van der Waals surface area (Å²) in [6.45, 7) is 0. The Kier molecular flexibility index (Phi) is 5.71. The van der Waals surface area contributed by atoms with E-state index in [1.165, 1.54) is 47.1 Å². The zero-order chi connectivity index (χ0) is 22.3. The van der Waals surface area contributed by atoms with Crippen LogP contribution in [0.1, 0.15) is 10.5 Å². The molecule has 0 aliphatic heterocycles. The molecule has 0 saturated carbocycles. The van der Waals surface area contributed by atoms with Gasteiger partial charge in [-0.3, -0.25) is 4.79 Å². The Hall–Kier alpha value is -2.78. The third-order valence-corrected chi connectivity index (χ3v) is 5.27. The topological polar surface area (TPSA) is 105 Å². The van der Waals surface area contributed by atoms with Gasteiger partial charge in [-0.1, -0.05) is 15.3 Å². The number of benzene rings is 2. The number of aromatic nitrogens is 2. The van der Waals surface area contributed by atoms with Crippen LogP contribution < -0.4 is 10.2 Å². The molecule has 1 heterocycles. The quantitative estimate of drug-likeness (QED) is 0.332. The van der Waals surface area contributed by atoms with Gasteiger partial charge in [0.05, 0.1) is 28.6 Å². The Morgan fingerprint density at radius 1 is 1.23 bits per heavy atom. The second kappa shape index (κ2) is 7.81. The third kappa shape index (κ3) is 4.37. The molecule has 0 aliphatic rings. The van der Waals surface area contributed by atoms with Crippen LogP contribution in [0.15, 0.2) is 52.2 Å². The second-order valence-electron chi connectivity index (χ2n) is 6.30. The van der Waals surface area contributed by atoms with Crippen LogP contribution >= 0.6 is 9.24 Å². The molecule has 2 radical (unpaired) electrons. The van der Waals surface area contributed by atoms with Crippen LogP contribution in [0.5, 0.6) is 5.75 Å². The van der Waals surface area contributed by atoms with E-state index in [4.69, 9.17) is 12.6 Å². The van der Waals surface area contributed by atoms with Gasteiger partial charge in [0.25, 0.3) is 0 Å². The summed E-state index contributed by atoms with van der Waals surface area (Å²) in [6.07, 6.45) is 0.953. The van der Waals surface area contributed by atoms with E-state index in [0.29, 0.717) is 5.69 Å². The van der Waals surface area contributed by atoms with E-state index in [2.05, 4.69) is 9.84 Å². The van der Waals surface area contributed by atoms with Gasteiger partial charge in [0.2, 0.25) is 16.6 Å². The molecule has 0 bridgehead atoms. The van der Waals surface area contributed by atoms with Gasteiger partial charge >= 0.3 is 5.97 Å². The molecule has 0 N–H and O–H groups in total. The summed E-state index contributed by atoms with van der Waals surface area (Å²) in [5, 5.41) is 3.86. The van der Waals surface area contributed by atoms with Gasteiger partial charge in [-0.25, -0.2) is 22.3 Å². The number of alkyl halides is 1. The van der Waals surface area contributed by atoms with Crippen LogP contribution in [-0.2, 0) is 14.6 Å². The maximum absolute atomic E-state index is 13.4. The highest BCUT2D eigenvalue weighted by Crippen LogP contribution is 2.26. The molecule has 2 unspecified atom stereocenters. The number of ether oxygens (including phenoxy) is 2. The predicted octanol–water partition coefficient (Wildman–Crippen LogP) is 1.58. The summed E-state index contributed by atoms with van der Waals surface area (Å²) >= 11 is 0. The highest BCUT2D eigenvalue weighted by atomic mass is 32.2. The van der Waals surface area contributed by atoms with E-state index in [1.807, 2.05) is 0 Å². The molecule has 12 heteroatoms. The number of carbonyl (C=O) groups is 1. The van der Waals surface area contributed by atoms with Crippen LogP contribution in [0, 0.1) is 0 Å². The summed E-state index contributed by atoms with van der Waals surface area (Å²) in [4.78, 5) is 24.7. The fourth-order valence-electron chi connectivity index (χ4n) is 2.81. The van der Waals surface area contributed by atoms with Crippen molar-refractivity contribution in [1.82, 2.24) is 9.78 Å². The number of hydrogen-bond acceptors (Lipinski definition) is 7. The van der Waals surface area contributed by atoms with Gasteiger partial charge in [-0.15, -0.1) is 0 Å². The van der Waals surface area contributed by atoms with Gasteiger partial charge < -0.3 is 9.47 Å². The minimum atomic E-state index is -3.80. The summed E-state index contributed by atoms with van der Waals surface area (Å²) in [5.41, 5.74) is -3.44. The zero-order valence-electron chi connectivity index (χ0n) is 15.8. The van der Waals surface area contributed by atoms with Crippen molar-refractivity contribution in [3.8, 4) is 11.4 Å². The van der Waals surface area contributed by atoms with Crippen molar-refractivity contribution in [2.24, 2.45) is 0 Å². The van der Waals surface area contributed by atoms with Crippen LogP contribution in [0.3, 0.4) is 0 Å². The number of hydrogen-bond donors (Lipinski definition) is 0. The smallest absolute Gasteiger partial charge is 0.362 e. The molecule has 2 atom stereocenters. The van der Waals surface area contributed by atoms with Crippen LogP contribution in [-0.4, -0.2) is 50.9 Å². The molecule has 1 aromatic heterocycles. The fourth-order valence-corrected chi connectivity index (χ4v) is 3.84. The number of halogens is 1. The molecular formula is C18H15BFN2O6PS. The summed E-state index contributed by atoms with van der Waals surface area (Å²) in [6, 6.07) is 9.93. The van der Waals surface area contributed by atoms with Crippen molar-refractivity contribution in [2.75, 3.05) is 13.4 Å². The van der Waals surface area contributed by atoms with Crippen molar-refractivity contribution in [3.63, 3.8) is 0 Å². The molecule has 154 valence electrons. The van der Waals surface area contributed by atoms with Gasteiger partial charge in [-0.2, -0.15) is 5.10 Å². The van der Waals surface area contributed by atoms with E-state index < -0.39 is 32.4 Å². The second-order valence-corrected chi connectivity index (χ2v) is 9.07. The van der Waals surface area contributed by atoms with Crippen LogP contribution in [0.2, 0.25) is 0 Å². The third-order valence-electron chi connectivity index (χ3n) is 4.01. The molecule has 3 aromatic rings. The molecule has 0 amide bonds. The zero-order valence-corrected chi connectivity index (χ0v) is 17.8. The van der Waals surface area contributed by atoms with Gasteiger partial charge in [0, 0.05) is 6.26 Å². The van der Waals surface area contributed by atoms with Crippen molar-refractivity contribution >= 4 is 43.8 Å². The molecule has 30 heavy (non-hydrogen) atoms. The lowest BCUT2D eigenvalue weighted by Crippen LogP contribution is -2.25. The minimum absolute atomic E-state index is 0.106. The largest absolute Gasteiger partial charge is 0.465 e. The SMILES string of the molecule is [B]C(F)(P)Oc1ccc(-n2nc(C(=O)OC)c(=O)c3c(S(C)(=O)=O)cccc32)cc1. The Morgan fingerprint density at radius 2 is 1.87 bits per heavy atom. The average molecular weight is 448 g/mol. The summed E-state index contributed by atoms with van der Waals surface area (Å²) in [7, 11) is 4.11. The van der Waals surface area contributed by atoms with Crippen molar-refractivity contribution in [1.29, 1.82) is 0 Å². The fraction of sp³-hybridized carbons (Fsp3) is 0.167. The normalized spacial score (nSPS) is 13.6. The molecule has 0 spiro atoms. The minimum Gasteiger partial charge on any atom is -0.465 e. The average Bonchev–Trinajstić information content (AvgIpc) is 2.66. The summed E-state index contributed by atoms with van der Waals surface area (Å²) < 4.78 is 48.6. The van der Waals surface area contributed by atoms with Gasteiger partial charge in [0.15, 0.2) is 17.7 Å². The van der Waals surface area contributed by atoms with Crippen molar-refractivity contribution < 1.29 is 27.1 Å².